The fraction of sp³-hybridized carbons (Fsp3) is 0.875. The third-order valence-corrected chi connectivity index (χ3v) is 5.71. The van der Waals surface area contributed by atoms with Gasteiger partial charge >= 0.3 is 5.97 Å². The van der Waals surface area contributed by atoms with Gasteiger partial charge in [-0.1, -0.05) is 19.8 Å². The molecule has 2 rings (SSSR count). The van der Waals surface area contributed by atoms with E-state index in [1.165, 1.54) is 0 Å². The van der Waals surface area contributed by atoms with Crippen LogP contribution in [-0.4, -0.2) is 41.0 Å². The average molecular weight is 296 g/mol. The van der Waals surface area contributed by atoms with Gasteiger partial charge in [-0.2, -0.15) is 0 Å². The molecule has 0 bridgehead atoms. The lowest BCUT2D eigenvalue weighted by molar-refractivity contribution is -0.157. The van der Waals surface area contributed by atoms with E-state index in [-0.39, 0.29) is 11.9 Å². The Balaban J connectivity index is 2.03. The molecule has 1 aliphatic heterocycles. The van der Waals surface area contributed by atoms with E-state index in [1.54, 1.807) is 0 Å². The molecule has 1 aliphatic carbocycles. The summed E-state index contributed by atoms with van der Waals surface area (Å²) in [6.45, 7) is 5.08. The molecular weight excluding hydrogens is 268 g/mol. The number of carbonyl (C=O) groups excluding carboxylic acids is 1. The van der Waals surface area contributed by atoms with Gasteiger partial charge in [-0.05, 0) is 39.0 Å². The first-order valence-electron chi connectivity index (χ1n) is 8.14. The number of hydrogen-bond acceptors (Lipinski definition) is 3. The zero-order chi connectivity index (χ0) is 15.7. The second-order valence-electron chi connectivity index (χ2n) is 7.04. The van der Waals surface area contributed by atoms with Crippen molar-refractivity contribution in [1.82, 2.24) is 4.90 Å². The van der Waals surface area contributed by atoms with Crippen LogP contribution in [0.25, 0.3) is 0 Å². The lowest BCUT2D eigenvalue weighted by atomic mass is 9.74. The van der Waals surface area contributed by atoms with Gasteiger partial charge in [0, 0.05) is 19.1 Å². The van der Waals surface area contributed by atoms with E-state index >= 15 is 0 Å². The average Bonchev–Trinajstić information content (AvgIpc) is 2.80. The molecule has 0 spiro atoms. The van der Waals surface area contributed by atoms with Gasteiger partial charge in [-0.3, -0.25) is 9.59 Å². The number of hydrogen-bond donors (Lipinski definition) is 2. The summed E-state index contributed by atoms with van der Waals surface area (Å²) in [5.41, 5.74) is 5.04. The van der Waals surface area contributed by atoms with Gasteiger partial charge in [0.1, 0.15) is 0 Å². The maximum atomic E-state index is 12.8. The third-order valence-electron chi connectivity index (χ3n) is 5.71. The number of rotatable bonds is 4. The van der Waals surface area contributed by atoms with Crippen molar-refractivity contribution in [2.45, 2.75) is 64.8 Å². The van der Waals surface area contributed by atoms with Crippen molar-refractivity contribution in [3.8, 4) is 0 Å². The standard InChI is InChI=1S/C16H28N2O3/c1-3-6-16(14(20)21)8-10-18(11-9-16)13(19)15(2)7-4-5-12(15)17/h12H,3-11,17H2,1-2H3,(H,20,21). The monoisotopic (exact) mass is 296 g/mol. The van der Waals surface area contributed by atoms with Crippen molar-refractivity contribution in [3.63, 3.8) is 0 Å². The topological polar surface area (TPSA) is 83.6 Å². The van der Waals surface area contributed by atoms with E-state index in [2.05, 4.69) is 0 Å². The Morgan fingerprint density at radius 3 is 2.33 bits per heavy atom. The number of carbonyl (C=O) groups is 2. The number of carboxylic acids is 1. The van der Waals surface area contributed by atoms with Crippen LogP contribution >= 0.6 is 0 Å². The van der Waals surface area contributed by atoms with Crippen molar-refractivity contribution < 1.29 is 14.7 Å². The molecule has 21 heavy (non-hydrogen) atoms. The summed E-state index contributed by atoms with van der Waals surface area (Å²) in [5.74, 6) is -0.580. The van der Waals surface area contributed by atoms with Gasteiger partial charge < -0.3 is 15.7 Å². The number of nitrogens with zero attached hydrogens (tertiary/aromatic N) is 1. The SMILES string of the molecule is CCCC1(C(=O)O)CCN(C(=O)C2(C)CCCC2N)CC1. The molecule has 0 aromatic heterocycles. The number of nitrogens with two attached hydrogens (primary N) is 1. The van der Waals surface area contributed by atoms with E-state index in [0.29, 0.717) is 32.4 Å². The molecule has 5 nitrogen and oxygen atoms in total. The Morgan fingerprint density at radius 1 is 1.29 bits per heavy atom. The van der Waals surface area contributed by atoms with Gasteiger partial charge in [0.25, 0.3) is 0 Å². The van der Waals surface area contributed by atoms with E-state index in [4.69, 9.17) is 5.73 Å². The van der Waals surface area contributed by atoms with Crippen molar-refractivity contribution in [1.29, 1.82) is 0 Å². The molecule has 1 heterocycles. The summed E-state index contributed by atoms with van der Waals surface area (Å²) in [4.78, 5) is 26.2. The zero-order valence-electron chi connectivity index (χ0n) is 13.2. The Kier molecular flexibility index (Phi) is 4.61. The van der Waals surface area contributed by atoms with E-state index in [9.17, 15) is 14.7 Å². The largest absolute Gasteiger partial charge is 0.481 e. The van der Waals surface area contributed by atoms with Crippen LogP contribution in [0.15, 0.2) is 0 Å². The molecule has 120 valence electrons. The number of carboxylic acid groups (broad SMARTS) is 1. The second-order valence-corrected chi connectivity index (χ2v) is 7.04. The van der Waals surface area contributed by atoms with Crippen LogP contribution in [0.1, 0.15) is 58.8 Å². The highest BCUT2D eigenvalue weighted by Crippen LogP contribution is 2.41. The molecule has 2 aliphatic rings. The zero-order valence-corrected chi connectivity index (χ0v) is 13.2. The highest BCUT2D eigenvalue weighted by molar-refractivity contribution is 5.84. The van der Waals surface area contributed by atoms with Crippen molar-refractivity contribution >= 4 is 11.9 Å². The number of amides is 1. The molecule has 2 fully saturated rings. The molecule has 0 aromatic rings. The van der Waals surface area contributed by atoms with Gasteiger partial charge in [0.05, 0.1) is 10.8 Å². The molecule has 1 saturated carbocycles. The van der Waals surface area contributed by atoms with Crippen LogP contribution in [0, 0.1) is 10.8 Å². The predicted molar refractivity (Wildman–Crippen MR) is 80.7 cm³/mol. The number of piperidine rings is 1. The van der Waals surface area contributed by atoms with Crippen LogP contribution in [-0.2, 0) is 9.59 Å². The number of aliphatic carboxylic acids is 1. The van der Waals surface area contributed by atoms with Crippen LogP contribution < -0.4 is 5.73 Å². The molecule has 3 N–H and O–H groups in total. The van der Waals surface area contributed by atoms with E-state index in [1.807, 2.05) is 18.7 Å². The predicted octanol–water partition coefficient (Wildman–Crippen LogP) is 2.00. The Hall–Kier alpha value is -1.10. The van der Waals surface area contributed by atoms with Gasteiger partial charge in [0.15, 0.2) is 0 Å². The van der Waals surface area contributed by atoms with Crippen LogP contribution in [0.3, 0.4) is 0 Å². The summed E-state index contributed by atoms with van der Waals surface area (Å²) >= 11 is 0. The molecular formula is C16H28N2O3. The van der Waals surface area contributed by atoms with E-state index < -0.39 is 16.8 Å². The first-order valence-corrected chi connectivity index (χ1v) is 8.14. The summed E-state index contributed by atoms with van der Waals surface area (Å²) < 4.78 is 0. The molecule has 2 unspecified atom stereocenters. The van der Waals surface area contributed by atoms with Crippen molar-refractivity contribution in [3.05, 3.63) is 0 Å². The van der Waals surface area contributed by atoms with Gasteiger partial charge in [-0.15, -0.1) is 0 Å². The molecule has 5 heteroatoms. The van der Waals surface area contributed by atoms with Crippen LogP contribution in [0.2, 0.25) is 0 Å². The Morgan fingerprint density at radius 2 is 1.90 bits per heavy atom. The minimum absolute atomic E-state index is 0.0631. The molecule has 0 aromatic carbocycles. The quantitative estimate of drug-likeness (QED) is 0.831. The fourth-order valence-electron chi connectivity index (χ4n) is 4.01. The molecule has 0 radical (unpaired) electrons. The van der Waals surface area contributed by atoms with Crippen LogP contribution in [0.5, 0.6) is 0 Å². The van der Waals surface area contributed by atoms with Crippen LogP contribution in [0.4, 0.5) is 0 Å². The smallest absolute Gasteiger partial charge is 0.309 e. The van der Waals surface area contributed by atoms with E-state index in [0.717, 1.165) is 25.7 Å². The summed E-state index contributed by atoms with van der Waals surface area (Å²) in [7, 11) is 0. The first kappa shape index (κ1) is 16.3. The summed E-state index contributed by atoms with van der Waals surface area (Å²) in [5, 5.41) is 9.53. The minimum Gasteiger partial charge on any atom is -0.481 e. The fourth-order valence-corrected chi connectivity index (χ4v) is 4.01. The molecule has 1 amide bonds. The van der Waals surface area contributed by atoms with Gasteiger partial charge in [-0.25, -0.2) is 0 Å². The molecule has 1 saturated heterocycles. The lowest BCUT2D eigenvalue weighted by Crippen LogP contribution is -2.53. The highest BCUT2D eigenvalue weighted by Gasteiger charge is 2.48. The highest BCUT2D eigenvalue weighted by atomic mass is 16.4. The third kappa shape index (κ3) is 2.80. The maximum Gasteiger partial charge on any atom is 0.309 e. The second kappa shape index (κ2) is 5.95. The van der Waals surface area contributed by atoms with Gasteiger partial charge in [0.2, 0.25) is 5.91 Å². The Bertz CT molecular complexity index is 416. The number of likely N-dealkylation sites (tertiary alicyclic amines) is 1. The maximum absolute atomic E-state index is 12.8. The normalized spacial score (nSPS) is 32.1. The Labute approximate surface area is 126 Å². The lowest BCUT2D eigenvalue weighted by Gasteiger charge is -2.42. The molecule has 2 atom stereocenters. The minimum atomic E-state index is -0.708. The summed E-state index contributed by atoms with van der Waals surface area (Å²) in [6, 6.07) is -0.0631. The first-order chi connectivity index (χ1) is 9.85. The van der Waals surface area contributed by atoms with Crippen molar-refractivity contribution in [2.75, 3.05) is 13.1 Å². The van der Waals surface area contributed by atoms with Crippen molar-refractivity contribution in [2.24, 2.45) is 16.6 Å². The summed E-state index contributed by atoms with van der Waals surface area (Å²) in [6.07, 6.45) is 5.45.